The van der Waals surface area contributed by atoms with Crippen LogP contribution in [0.4, 0.5) is 5.69 Å². The summed E-state index contributed by atoms with van der Waals surface area (Å²) in [5.74, 6) is 0. The molecular formula is C19H24N2. The van der Waals surface area contributed by atoms with E-state index in [0.29, 0.717) is 6.04 Å². The van der Waals surface area contributed by atoms with Gasteiger partial charge in [0.15, 0.2) is 0 Å². The first-order valence-electron chi connectivity index (χ1n) is 7.93. The lowest BCUT2D eigenvalue weighted by molar-refractivity contribution is 0.567. The smallest absolute Gasteiger partial charge is 0.0495 e. The molecule has 0 fully saturated rings. The topological polar surface area (TPSA) is 15.3 Å². The molecule has 1 N–H and O–H groups in total. The molecule has 1 aliphatic heterocycles. The first-order valence-corrected chi connectivity index (χ1v) is 7.93. The van der Waals surface area contributed by atoms with Crippen LogP contribution >= 0.6 is 0 Å². The molecule has 3 rings (SSSR count). The first kappa shape index (κ1) is 14.2. The summed E-state index contributed by atoms with van der Waals surface area (Å²) in [7, 11) is 2.06. The Hall–Kier alpha value is -1.80. The van der Waals surface area contributed by atoms with Crippen LogP contribution in [-0.2, 0) is 6.42 Å². The minimum atomic E-state index is 0.373. The standard InChI is InChI=1S/C19H24N2/c1-20-18(16-9-3-2-4-10-16)15-21-14-8-7-12-17-11-5-6-13-19(17)21/h2-6,9-11,13,18,20H,7-8,12,14-15H2,1H3. The number of anilines is 1. The molecule has 1 unspecified atom stereocenters. The number of fused-ring (bicyclic) bond motifs is 1. The van der Waals surface area contributed by atoms with Crippen molar-refractivity contribution in [1.82, 2.24) is 5.32 Å². The van der Waals surface area contributed by atoms with Crippen molar-refractivity contribution < 1.29 is 0 Å². The van der Waals surface area contributed by atoms with Crippen LogP contribution in [-0.4, -0.2) is 20.1 Å². The van der Waals surface area contributed by atoms with Gasteiger partial charge in [-0.3, -0.25) is 0 Å². The van der Waals surface area contributed by atoms with Gasteiger partial charge >= 0.3 is 0 Å². The zero-order valence-electron chi connectivity index (χ0n) is 12.8. The highest BCUT2D eigenvalue weighted by molar-refractivity contribution is 5.54. The molecule has 0 amide bonds. The molecule has 2 aromatic rings. The van der Waals surface area contributed by atoms with Gasteiger partial charge in [-0.25, -0.2) is 0 Å². The van der Waals surface area contributed by atoms with Crippen molar-refractivity contribution in [3.63, 3.8) is 0 Å². The molecule has 110 valence electrons. The summed E-state index contributed by atoms with van der Waals surface area (Å²) in [5, 5.41) is 3.48. The van der Waals surface area contributed by atoms with Crippen molar-refractivity contribution in [2.75, 3.05) is 25.0 Å². The molecule has 21 heavy (non-hydrogen) atoms. The highest BCUT2D eigenvalue weighted by Gasteiger charge is 2.18. The van der Waals surface area contributed by atoms with Gasteiger partial charge in [0.2, 0.25) is 0 Å². The summed E-state index contributed by atoms with van der Waals surface area (Å²) in [6.45, 7) is 2.18. The monoisotopic (exact) mass is 280 g/mol. The second-order valence-electron chi connectivity index (χ2n) is 5.78. The largest absolute Gasteiger partial charge is 0.369 e. The third-order valence-corrected chi connectivity index (χ3v) is 4.41. The Labute approximate surface area is 127 Å². The van der Waals surface area contributed by atoms with Crippen LogP contribution < -0.4 is 10.2 Å². The molecule has 2 aromatic carbocycles. The zero-order chi connectivity index (χ0) is 14.5. The van der Waals surface area contributed by atoms with E-state index in [2.05, 4.69) is 71.9 Å². The molecule has 2 heteroatoms. The molecule has 0 saturated carbocycles. The van der Waals surface area contributed by atoms with Crippen molar-refractivity contribution in [2.45, 2.75) is 25.3 Å². The number of nitrogens with zero attached hydrogens (tertiary/aromatic N) is 1. The van der Waals surface area contributed by atoms with Crippen molar-refractivity contribution in [1.29, 1.82) is 0 Å². The molecule has 0 aliphatic carbocycles. The predicted molar refractivity (Wildman–Crippen MR) is 89.8 cm³/mol. The van der Waals surface area contributed by atoms with E-state index >= 15 is 0 Å². The van der Waals surface area contributed by atoms with E-state index in [-0.39, 0.29) is 0 Å². The van der Waals surface area contributed by atoms with Crippen LogP contribution in [0.1, 0.15) is 30.0 Å². The molecule has 1 atom stereocenters. The van der Waals surface area contributed by atoms with E-state index in [4.69, 9.17) is 0 Å². The van der Waals surface area contributed by atoms with E-state index in [9.17, 15) is 0 Å². The SMILES string of the molecule is CNC(CN1CCCCc2ccccc21)c1ccccc1. The van der Waals surface area contributed by atoms with Gasteiger partial charge in [-0.1, -0.05) is 48.5 Å². The summed E-state index contributed by atoms with van der Waals surface area (Å²) >= 11 is 0. The van der Waals surface area contributed by atoms with Crippen molar-refractivity contribution in [3.8, 4) is 0 Å². The van der Waals surface area contributed by atoms with Crippen molar-refractivity contribution in [2.24, 2.45) is 0 Å². The predicted octanol–water partition coefficient (Wildman–Crippen LogP) is 3.79. The second-order valence-corrected chi connectivity index (χ2v) is 5.78. The molecule has 0 saturated heterocycles. The van der Waals surface area contributed by atoms with Gasteiger partial charge in [-0.2, -0.15) is 0 Å². The quantitative estimate of drug-likeness (QED) is 0.916. The van der Waals surface area contributed by atoms with Gasteiger partial charge in [0, 0.05) is 24.8 Å². The number of nitrogens with one attached hydrogen (secondary N) is 1. The van der Waals surface area contributed by atoms with Gasteiger partial charge < -0.3 is 10.2 Å². The number of hydrogen-bond donors (Lipinski definition) is 1. The number of likely N-dealkylation sites (N-methyl/N-ethyl adjacent to an activating group) is 1. The van der Waals surface area contributed by atoms with E-state index < -0.39 is 0 Å². The highest BCUT2D eigenvalue weighted by atomic mass is 15.2. The van der Waals surface area contributed by atoms with E-state index in [1.807, 2.05) is 0 Å². The average Bonchev–Trinajstić information content (AvgIpc) is 2.76. The summed E-state index contributed by atoms with van der Waals surface area (Å²) in [4.78, 5) is 2.55. The van der Waals surface area contributed by atoms with Crippen molar-refractivity contribution >= 4 is 5.69 Å². The van der Waals surface area contributed by atoms with Gasteiger partial charge in [0.1, 0.15) is 0 Å². The summed E-state index contributed by atoms with van der Waals surface area (Å²) in [6.07, 6.45) is 3.78. The molecule has 2 nitrogen and oxygen atoms in total. The van der Waals surface area contributed by atoms with Crippen LogP contribution in [0.25, 0.3) is 0 Å². The maximum absolute atomic E-state index is 3.48. The Kier molecular flexibility index (Phi) is 4.56. The third-order valence-electron chi connectivity index (χ3n) is 4.41. The van der Waals surface area contributed by atoms with E-state index in [1.165, 1.54) is 36.1 Å². The Balaban J connectivity index is 1.83. The molecular weight excluding hydrogens is 256 g/mol. The Morgan fingerprint density at radius 1 is 1.00 bits per heavy atom. The fourth-order valence-corrected chi connectivity index (χ4v) is 3.23. The maximum Gasteiger partial charge on any atom is 0.0495 e. The first-order chi connectivity index (χ1) is 10.4. The van der Waals surface area contributed by atoms with Crippen LogP contribution in [0, 0.1) is 0 Å². The van der Waals surface area contributed by atoms with E-state index in [0.717, 1.165) is 13.1 Å². The van der Waals surface area contributed by atoms with Crippen LogP contribution in [0.15, 0.2) is 54.6 Å². The van der Waals surface area contributed by atoms with Crippen LogP contribution in [0.3, 0.4) is 0 Å². The Bertz CT molecular complexity index is 565. The van der Waals surface area contributed by atoms with Crippen LogP contribution in [0.2, 0.25) is 0 Å². The fraction of sp³-hybridized carbons (Fsp3) is 0.368. The average molecular weight is 280 g/mol. The lowest BCUT2D eigenvalue weighted by Gasteiger charge is -2.29. The molecule has 1 aliphatic rings. The second kappa shape index (κ2) is 6.77. The minimum Gasteiger partial charge on any atom is -0.369 e. The summed E-state index contributed by atoms with van der Waals surface area (Å²) < 4.78 is 0. The molecule has 0 radical (unpaired) electrons. The Morgan fingerprint density at radius 3 is 2.57 bits per heavy atom. The van der Waals surface area contributed by atoms with Gasteiger partial charge in [-0.15, -0.1) is 0 Å². The highest BCUT2D eigenvalue weighted by Crippen LogP contribution is 2.27. The lowest BCUT2D eigenvalue weighted by Crippen LogP contribution is -2.34. The van der Waals surface area contributed by atoms with Gasteiger partial charge in [-0.05, 0) is 43.5 Å². The number of hydrogen-bond acceptors (Lipinski definition) is 2. The van der Waals surface area contributed by atoms with E-state index in [1.54, 1.807) is 0 Å². The molecule has 0 bridgehead atoms. The number of rotatable bonds is 4. The number of benzene rings is 2. The fourth-order valence-electron chi connectivity index (χ4n) is 3.23. The minimum absolute atomic E-state index is 0.373. The van der Waals surface area contributed by atoms with Crippen molar-refractivity contribution in [3.05, 3.63) is 65.7 Å². The Morgan fingerprint density at radius 2 is 1.76 bits per heavy atom. The molecule has 1 heterocycles. The van der Waals surface area contributed by atoms with Gasteiger partial charge in [0.25, 0.3) is 0 Å². The van der Waals surface area contributed by atoms with Gasteiger partial charge in [0.05, 0.1) is 0 Å². The maximum atomic E-state index is 3.48. The summed E-state index contributed by atoms with van der Waals surface area (Å²) in [5.41, 5.74) is 4.28. The lowest BCUT2D eigenvalue weighted by atomic mass is 10.1. The number of para-hydroxylation sites is 1. The van der Waals surface area contributed by atoms with Crippen LogP contribution in [0.5, 0.6) is 0 Å². The molecule has 0 aromatic heterocycles. The normalized spacial score (nSPS) is 16.1. The third kappa shape index (κ3) is 3.27. The number of aryl methyl sites for hydroxylation is 1. The summed E-state index contributed by atoms with van der Waals surface area (Å²) in [6, 6.07) is 20.0. The zero-order valence-corrected chi connectivity index (χ0v) is 12.8. The molecule has 0 spiro atoms.